The smallest absolute Gasteiger partial charge is 0.269 e. The summed E-state index contributed by atoms with van der Waals surface area (Å²) in [6.07, 6.45) is 4.21. The van der Waals surface area contributed by atoms with Crippen molar-refractivity contribution < 1.29 is 9.59 Å². The van der Waals surface area contributed by atoms with Gasteiger partial charge in [-0.15, -0.1) is 0 Å². The van der Waals surface area contributed by atoms with Crippen LogP contribution >= 0.6 is 0 Å². The zero-order chi connectivity index (χ0) is 19.9. The van der Waals surface area contributed by atoms with Crippen molar-refractivity contribution >= 4 is 17.6 Å². The lowest BCUT2D eigenvalue weighted by Crippen LogP contribution is -2.49. The van der Waals surface area contributed by atoms with Crippen LogP contribution in [0.5, 0.6) is 0 Å². The molecule has 3 heterocycles. The van der Waals surface area contributed by atoms with Crippen LogP contribution in [0.1, 0.15) is 41.1 Å². The average molecular weight is 381 g/mol. The molecule has 2 aromatic rings. The summed E-state index contributed by atoms with van der Waals surface area (Å²) in [5, 5.41) is 2.86. The quantitative estimate of drug-likeness (QED) is 0.830. The van der Waals surface area contributed by atoms with E-state index in [0.717, 1.165) is 25.3 Å². The maximum Gasteiger partial charge on any atom is 0.269 e. The van der Waals surface area contributed by atoms with E-state index in [-0.39, 0.29) is 17.5 Å². The Bertz CT molecular complexity index is 801. The summed E-state index contributed by atoms with van der Waals surface area (Å²) in [5.74, 6) is 1.14. The number of hydrogen-bond acceptors (Lipinski definition) is 5. The molecule has 7 heteroatoms. The predicted molar refractivity (Wildman–Crippen MR) is 108 cm³/mol. The second-order valence-corrected chi connectivity index (χ2v) is 7.34. The highest BCUT2D eigenvalue weighted by atomic mass is 16.2. The van der Waals surface area contributed by atoms with Crippen molar-refractivity contribution in [1.29, 1.82) is 0 Å². The fourth-order valence-corrected chi connectivity index (χ4v) is 3.11. The molecule has 1 aliphatic rings. The van der Waals surface area contributed by atoms with Crippen LogP contribution < -0.4 is 10.2 Å². The zero-order valence-corrected chi connectivity index (χ0v) is 16.5. The van der Waals surface area contributed by atoms with Crippen molar-refractivity contribution in [3.05, 3.63) is 54.0 Å². The van der Waals surface area contributed by atoms with Gasteiger partial charge in [-0.2, -0.15) is 0 Å². The molecule has 1 N–H and O–H groups in total. The Hall–Kier alpha value is -2.96. The molecule has 2 amide bonds. The van der Waals surface area contributed by atoms with Crippen LogP contribution in [-0.4, -0.2) is 59.4 Å². The summed E-state index contributed by atoms with van der Waals surface area (Å²) in [4.78, 5) is 37.6. The highest BCUT2D eigenvalue weighted by Gasteiger charge is 2.23. The van der Waals surface area contributed by atoms with Gasteiger partial charge in [0.2, 0.25) is 0 Å². The van der Waals surface area contributed by atoms with E-state index in [2.05, 4.69) is 34.0 Å². The largest absolute Gasteiger partial charge is 0.353 e. The molecule has 0 saturated carbocycles. The number of carbonyl (C=O) groups excluding carboxylic acids is 2. The van der Waals surface area contributed by atoms with Crippen molar-refractivity contribution in [2.75, 3.05) is 37.6 Å². The van der Waals surface area contributed by atoms with Crippen molar-refractivity contribution in [1.82, 2.24) is 20.2 Å². The molecule has 2 aromatic heterocycles. The Morgan fingerprint density at radius 1 is 1.07 bits per heavy atom. The van der Waals surface area contributed by atoms with Gasteiger partial charge in [0.05, 0.1) is 0 Å². The summed E-state index contributed by atoms with van der Waals surface area (Å²) in [6, 6.07) is 9.08. The van der Waals surface area contributed by atoms with Crippen LogP contribution in [0.15, 0.2) is 42.7 Å². The number of aromatic nitrogens is 2. The maximum absolute atomic E-state index is 12.9. The van der Waals surface area contributed by atoms with Crippen molar-refractivity contribution in [3.8, 4) is 0 Å². The zero-order valence-electron chi connectivity index (χ0n) is 16.5. The summed E-state index contributed by atoms with van der Waals surface area (Å²) in [5.41, 5.74) is 0.775. The molecule has 7 nitrogen and oxygen atoms in total. The molecule has 1 fully saturated rings. The minimum absolute atomic E-state index is 0.0701. The Morgan fingerprint density at radius 3 is 2.54 bits per heavy atom. The highest BCUT2D eigenvalue weighted by Crippen LogP contribution is 2.15. The van der Waals surface area contributed by atoms with E-state index in [4.69, 9.17) is 0 Å². The number of rotatable bonds is 6. The van der Waals surface area contributed by atoms with E-state index in [0.29, 0.717) is 31.1 Å². The minimum atomic E-state index is -0.240. The molecule has 0 spiro atoms. The second-order valence-electron chi connectivity index (χ2n) is 7.34. The first-order valence-corrected chi connectivity index (χ1v) is 9.74. The molecule has 0 radical (unpaired) electrons. The third kappa shape index (κ3) is 5.06. The lowest BCUT2D eigenvalue weighted by molar-refractivity contribution is 0.0746. The second kappa shape index (κ2) is 9.30. The first-order valence-electron chi connectivity index (χ1n) is 9.74. The van der Waals surface area contributed by atoms with Crippen molar-refractivity contribution in [2.45, 2.75) is 20.3 Å². The molecule has 1 saturated heterocycles. The number of pyridine rings is 2. The molecule has 1 aliphatic heterocycles. The van der Waals surface area contributed by atoms with Crippen LogP contribution in [0.25, 0.3) is 0 Å². The number of piperazine rings is 1. The number of nitrogens with one attached hydrogen (secondary N) is 1. The Balaban J connectivity index is 1.58. The van der Waals surface area contributed by atoms with Crippen molar-refractivity contribution in [3.63, 3.8) is 0 Å². The van der Waals surface area contributed by atoms with Gasteiger partial charge < -0.3 is 15.1 Å². The lowest BCUT2D eigenvalue weighted by atomic mass is 10.1. The summed E-state index contributed by atoms with van der Waals surface area (Å²) < 4.78 is 0. The van der Waals surface area contributed by atoms with Gasteiger partial charge >= 0.3 is 0 Å². The Morgan fingerprint density at radius 2 is 1.86 bits per heavy atom. The molecular weight excluding hydrogens is 354 g/mol. The van der Waals surface area contributed by atoms with Crippen LogP contribution in [0.2, 0.25) is 0 Å². The number of amides is 2. The molecule has 0 bridgehead atoms. The topological polar surface area (TPSA) is 78.4 Å². The minimum Gasteiger partial charge on any atom is -0.353 e. The van der Waals surface area contributed by atoms with E-state index in [9.17, 15) is 9.59 Å². The van der Waals surface area contributed by atoms with E-state index >= 15 is 0 Å². The van der Waals surface area contributed by atoms with E-state index in [1.54, 1.807) is 18.3 Å². The number of anilines is 1. The molecule has 28 heavy (non-hydrogen) atoms. The number of carbonyl (C=O) groups is 2. The monoisotopic (exact) mass is 381 g/mol. The van der Waals surface area contributed by atoms with Gasteiger partial charge in [-0.05, 0) is 36.6 Å². The van der Waals surface area contributed by atoms with Crippen LogP contribution in [0.4, 0.5) is 5.82 Å². The first-order chi connectivity index (χ1) is 13.5. The van der Waals surface area contributed by atoms with E-state index in [1.165, 1.54) is 6.20 Å². The average Bonchev–Trinajstić information content (AvgIpc) is 2.74. The predicted octanol–water partition coefficient (Wildman–Crippen LogP) is 2.21. The molecule has 0 aliphatic carbocycles. The standard InChI is InChI=1S/C21H27N5O2/c1-16(2)6-9-24-20(27)18-15-17(7-10-22-18)21(28)26-13-11-25(12-14-26)19-5-3-4-8-23-19/h3-5,7-8,10,15-16H,6,9,11-14H2,1-2H3,(H,24,27). The maximum atomic E-state index is 12.9. The molecule has 3 rings (SSSR count). The third-order valence-corrected chi connectivity index (χ3v) is 4.79. The van der Waals surface area contributed by atoms with Gasteiger partial charge in [0.1, 0.15) is 11.5 Å². The highest BCUT2D eigenvalue weighted by molar-refractivity contribution is 5.98. The SMILES string of the molecule is CC(C)CCNC(=O)c1cc(C(=O)N2CCN(c3ccccn3)CC2)ccn1. The first kappa shape index (κ1) is 19.8. The van der Waals surface area contributed by atoms with Gasteiger partial charge in [-0.25, -0.2) is 4.98 Å². The Labute approximate surface area is 165 Å². The van der Waals surface area contributed by atoms with Crippen LogP contribution in [-0.2, 0) is 0 Å². The Kier molecular flexibility index (Phi) is 6.57. The van der Waals surface area contributed by atoms with Gasteiger partial charge in [-0.1, -0.05) is 19.9 Å². The number of hydrogen-bond donors (Lipinski definition) is 1. The third-order valence-electron chi connectivity index (χ3n) is 4.79. The summed E-state index contributed by atoms with van der Waals surface area (Å²) >= 11 is 0. The van der Waals surface area contributed by atoms with Gasteiger partial charge in [0, 0.05) is 50.7 Å². The number of nitrogens with zero attached hydrogens (tertiary/aromatic N) is 4. The molecule has 0 aromatic carbocycles. The molecule has 148 valence electrons. The van der Waals surface area contributed by atoms with Crippen LogP contribution in [0.3, 0.4) is 0 Å². The summed E-state index contributed by atoms with van der Waals surface area (Å²) in [6.45, 7) is 7.52. The molecule has 0 atom stereocenters. The van der Waals surface area contributed by atoms with Gasteiger partial charge in [0.15, 0.2) is 0 Å². The molecule has 0 unspecified atom stereocenters. The molecular formula is C21H27N5O2. The fourth-order valence-electron chi connectivity index (χ4n) is 3.11. The van der Waals surface area contributed by atoms with Crippen LogP contribution in [0, 0.1) is 5.92 Å². The normalized spacial score (nSPS) is 14.2. The van der Waals surface area contributed by atoms with Gasteiger partial charge in [0.25, 0.3) is 11.8 Å². The van der Waals surface area contributed by atoms with E-state index in [1.807, 2.05) is 23.1 Å². The summed E-state index contributed by atoms with van der Waals surface area (Å²) in [7, 11) is 0. The van der Waals surface area contributed by atoms with E-state index < -0.39 is 0 Å². The fraction of sp³-hybridized carbons (Fsp3) is 0.429. The van der Waals surface area contributed by atoms with Gasteiger partial charge in [-0.3, -0.25) is 14.6 Å². The lowest BCUT2D eigenvalue weighted by Gasteiger charge is -2.35. The van der Waals surface area contributed by atoms with Crippen molar-refractivity contribution in [2.24, 2.45) is 5.92 Å².